The number of benzene rings is 3. The van der Waals surface area contributed by atoms with Gasteiger partial charge in [0, 0.05) is 28.2 Å². The number of nitrogens with zero attached hydrogens (tertiary/aromatic N) is 1. The van der Waals surface area contributed by atoms with Crippen molar-refractivity contribution in [1.82, 2.24) is 9.88 Å². The highest BCUT2D eigenvalue weighted by atomic mass is 35.5. The Morgan fingerprint density at radius 3 is 2.45 bits per heavy atom. The Bertz CT molecular complexity index is 1380. The number of hydrogen-bond acceptors (Lipinski definition) is 4. The molecule has 1 fully saturated rings. The number of rotatable bonds is 6. The molecule has 3 aromatic carbocycles. The van der Waals surface area contributed by atoms with Gasteiger partial charge in [0.15, 0.2) is 0 Å². The van der Waals surface area contributed by atoms with Crippen LogP contribution < -0.4 is 10.1 Å². The molecule has 33 heavy (non-hydrogen) atoms. The van der Waals surface area contributed by atoms with Gasteiger partial charge in [-0.1, -0.05) is 54.1 Å². The number of nitrogens with one attached hydrogen (secondary N) is 1. The van der Waals surface area contributed by atoms with Crippen LogP contribution in [0, 0.1) is 0 Å². The third-order valence-electron chi connectivity index (χ3n) is 5.33. The van der Waals surface area contributed by atoms with Crippen molar-refractivity contribution in [2.24, 2.45) is 0 Å². The van der Waals surface area contributed by atoms with Gasteiger partial charge in [-0.05, 0) is 65.4 Å². The second-order valence-electron chi connectivity index (χ2n) is 7.63. The van der Waals surface area contributed by atoms with E-state index in [0.29, 0.717) is 23.1 Å². The minimum absolute atomic E-state index is 0.358. The Morgan fingerprint density at radius 1 is 0.939 bits per heavy atom. The number of fused-ring (bicyclic) bond motifs is 1. The molecule has 2 amide bonds. The molecule has 1 N–H and O–H groups in total. The number of aromatic nitrogens is 1. The van der Waals surface area contributed by atoms with Gasteiger partial charge in [0.1, 0.15) is 12.4 Å². The minimum atomic E-state index is -0.375. The Hall–Kier alpha value is -3.48. The average Bonchev–Trinajstić information content (AvgIpc) is 3.32. The van der Waals surface area contributed by atoms with Gasteiger partial charge in [0.25, 0.3) is 11.1 Å². The summed E-state index contributed by atoms with van der Waals surface area (Å²) in [4.78, 5) is 24.1. The molecule has 1 saturated heterocycles. The van der Waals surface area contributed by atoms with Crippen molar-refractivity contribution in [3.8, 4) is 5.75 Å². The summed E-state index contributed by atoms with van der Waals surface area (Å²) in [5.74, 6) is 0.387. The molecule has 0 atom stereocenters. The topological polar surface area (TPSA) is 60.3 Å². The summed E-state index contributed by atoms with van der Waals surface area (Å²) in [6, 6.07) is 25.6. The van der Waals surface area contributed by atoms with E-state index in [1.54, 1.807) is 6.08 Å². The van der Waals surface area contributed by atoms with E-state index in [9.17, 15) is 9.59 Å². The molecule has 0 unspecified atom stereocenters. The van der Waals surface area contributed by atoms with E-state index in [2.05, 4.69) is 9.88 Å². The van der Waals surface area contributed by atoms with E-state index in [4.69, 9.17) is 16.3 Å². The lowest BCUT2D eigenvalue weighted by Crippen LogP contribution is -2.17. The molecule has 2 heterocycles. The predicted octanol–water partition coefficient (Wildman–Crippen LogP) is 6.25. The zero-order valence-electron chi connectivity index (χ0n) is 17.5. The van der Waals surface area contributed by atoms with Crippen LogP contribution in [0.3, 0.4) is 0 Å². The summed E-state index contributed by atoms with van der Waals surface area (Å²) < 4.78 is 8.11. The van der Waals surface area contributed by atoms with Crippen LogP contribution in [0.15, 0.2) is 83.8 Å². The van der Waals surface area contributed by atoms with Crippen LogP contribution in [0.5, 0.6) is 5.75 Å². The highest BCUT2D eigenvalue weighted by molar-refractivity contribution is 8.18. The third kappa shape index (κ3) is 4.82. The van der Waals surface area contributed by atoms with E-state index in [1.165, 1.54) is 0 Å². The van der Waals surface area contributed by atoms with E-state index < -0.39 is 0 Å². The second-order valence-corrected chi connectivity index (χ2v) is 9.08. The number of thioether (sulfide) groups is 1. The maximum atomic E-state index is 12.1. The predicted molar refractivity (Wildman–Crippen MR) is 132 cm³/mol. The van der Waals surface area contributed by atoms with E-state index in [0.717, 1.165) is 45.2 Å². The largest absolute Gasteiger partial charge is 0.489 e. The van der Waals surface area contributed by atoms with Gasteiger partial charge in [0.05, 0.1) is 4.91 Å². The summed E-state index contributed by atoms with van der Waals surface area (Å²) in [6.07, 6.45) is 1.76. The normalized spacial score (nSPS) is 14.8. The minimum Gasteiger partial charge on any atom is -0.489 e. The molecule has 0 radical (unpaired) electrons. The number of imide groups is 1. The van der Waals surface area contributed by atoms with Crippen molar-refractivity contribution in [3.63, 3.8) is 0 Å². The quantitative estimate of drug-likeness (QED) is 0.336. The van der Waals surface area contributed by atoms with Crippen molar-refractivity contribution in [2.75, 3.05) is 0 Å². The molecule has 4 aromatic rings. The van der Waals surface area contributed by atoms with Crippen LogP contribution in [0.4, 0.5) is 4.79 Å². The first kappa shape index (κ1) is 21.4. The highest BCUT2D eigenvalue weighted by Crippen LogP contribution is 2.31. The number of halogens is 1. The fourth-order valence-electron chi connectivity index (χ4n) is 3.72. The second kappa shape index (κ2) is 9.17. The lowest BCUT2D eigenvalue weighted by atomic mass is 10.2. The van der Waals surface area contributed by atoms with Gasteiger partial charge in [0.2, 0.25) is 0 Å². The first-order valence-electron chi connectivity index (χ1n) is 10.3. The fraction of sp³-hybridized carbons (Fsp3) is 0.0769. The van der Waals surface area contributed by atoms with Crippen molar-refractivity contribution < 1.29 is 14.3 Å². The molecule has 5 rings (SSSR count). The summed E-state index contributed by atoms with van der Waals surface area (Å²) >= 11 is 6.96. The Morgan fingerprint density at radius 2 is 1.73 bits per heavy atom. The Balaban J connectivity index is 1.51. The molecule has 1 aromatic heterocycles. The number of ether oxygens (including phenoxy) is 1. The van der Waals surface area contributed by atoms with E-state index in [-0.39, 0.29) is 11.1 Å². The maximum absolute atomic E-state index is 12.1. The molecule has 0 aliphatic carbocycles. The van der Waals surface area contributed by atoms with Crippen LogP contribution in [-0.2, 0) is 17.9 Å². The first-order valence-corrected chi connectivity index (χ1v) is 11.5. The molecule has 164 valence electrons. The van der Waals surface area contributed by atoms with Crippen molar-refractivity contribution in [2.45, 2.75) is 13.2 Å². The third-order valence-corrected chi connectivity index (χ3v) is 6.39. The Kier molecular flexibility index (Phi) is 5.94. The van der Waals surface area contributed by atoms with Gasteiger partial charge < -0.3 is 9.30 Å². The van der Waals surface area contributed by atoms with E-state index >= 15 is 0 Å². The molecular weight excluding hydrogens is 456 g/mol. The van der Waals surface area contributed by atoms with Gasteiger partial charge in [-0.25, -0.2) is 0 Å². The molecule has 0 spiro atoms. The Labute approximate surface area is 200 Å². The van der Waals surface area contributed by atoms with Gasteiger partial charge in [-0.15, -0.1) is 0 Å². The molecule has 1 aliphatic heterocycles. The number of carbonyl (C=O) groups is 2. The van der Waals surface area contributed by atoms with Gasteiger partial charge in [-0.2, -0.15) is 0 Å². The van der Waals surface area contributed by atoms with Crippen molar-refractivity contribution in [1.29, 1.82) is 0 Å². The van der Waals surface area contributed by atoms with Crippen LogP contribution >= 0.6 is 23.4 Å². The number of hydrogen-bond donors (Lipinski definition) is 1. The lowest BCUT2D eigenvalue weighted by Gasteiger charge is -2.10. The summed E-state index contributed by atoms with van der Waals surface area (Å²) in [5, 5.41) is 3.61. The molecule has 7 heteroatoms. The van der Waals surface area contributed by atoms with Crippen molar-refractivity contribution in [3.05, 3.63) is 106 Å². The monoisotopic (exact) mass is 474 g/mol. The zero-order chi connectivity index (χ0) is 22.8. The molecule has 1 aliphatic rings. The smallest absolute Gasteiger partial charge is 0.290 e. The standard InChI is InChI=1S/C26H19ClN2O3S/c27-20-8-6-17(7-9-20)15-29-21(14-24-25(30)28-26(31)33-24)12-19-13-22(10-11-23(19)29)32-16-18-4-2-1-3-5-18/h1-14H,15-16H2,(H,28,30,31)/b24-14-. The molecule has 0 saturated carbocycles. The van der Waals surface area contributed by atoms with Crippen LogP contribution in [0.1, 0.15) is 16.8 Å². The van der Waals surface area contributed by atoms with Crippen LogP contribution in [-0.4, -0.2) is 15.7 Å². The van der Waals surface area contributed by atoms with E-state index in [1.807, 2.05) is 78.9 Å². The number of amides is 2. The highest BCUT2D eigenvalue weighted by Gasteiger charge is 2.25. The average molecular weight is 475 g/mol. The molecule has 0 bridgehead atoms. The van der Waals surface area contributed by atoms with Crippen LogP contribution in [0.2, 0.25) is 5.02 Å². The first-order chi connectivity index (χ1) is 16.0. The van der Waals surface area contributed by atoms with Gasteiger partial charge in [-0.3, -0.25) is 14.9 Å². The fourth-order valence-corrected chi connectivity index (χ4v) is 4.52. The van der Waals surface area contributed by atoms with Gasteiger partial charge >= 0.3 is 0 Å². The number of carbonyl (C=O) groups excluding carboxylic acids is 2. The maximum Gasteiger partial charge on any atom is 0.290 e. The molecular formula is C26H19ClN2O3S. The SMILES string of the molecule is O=C1NC(=O)/C(=C/c2cc3cc(OCc4ccccc4)ccc3n2Cc2ccc(Cl)cc2)S1. The van der Waals surface area contributed by atoms with Crippen LogP contribution in [0.25, 0.3) is 17.0 Å². The summed E-state index contributed by atoms with van der Waals surface area (Å²) in [5.41, 5.74) is 3.99. The lowest BCUT2D eigenvalue weighted by molar-refractivity contribution is -0.115. The molecule has 5 nitrogen and oxygen atoms in total. The summed E-state index contributed by atoms with van der Waals surface area (Å²) in [7, 11) is 0. The summed E-state index contributed by atoms with van der Waals surface area (Å²) in [6.45, 7) is 1.07. The van der Waals surface area contributed by atoms with Crippen molar-refractivity contribution >= 4 is 51.5 Å². The zero-order valence-corrected chi connectivity index (χ0v) is 19.0.